The van der Waals surface area contributed by atoms with Gasteiger partial charge in [0.05, 0.1) is 0 Å². The summed E-state index contributed by atoms with van der Waals surface area (Å²) in [7, 11) is 1.77. The van der Waals surface area contributed by atoms with Gasteiger partial charge in [0.15, 0.2) is 5.96 Å². The van der Waals surface area contributed by atoms with Crippen molar-refractivity contribution in [2.24, 2.45) is 10.9 Å². The maximum Gasteiger partial charge on any atom is 0.227 e. The minimum atomic E-state index is 0.167. The van der Waals surface area contributed by atoms with E-state index in [9.17, 15) is 4.79 Å². The van der Waals surface area contributed by atoms with Crippen LogP contribution in [-0.4, -0.2) is 25.5 Å². The van der Waals surface area contributed by atoms with E-state index in [-0.39, 0.29) is 11.8 Å². The smallest absolute Gasteiger partial charge is 0.227 e. The number of benzene rings is 1. The largest absolute Gasteiger partial charge is 0.356 e. The lowest BCUT2D eigenvalue weighted by Gasteiger charge is -2.21. The van der Waals surface area contributed by atoms with E-state index in [2.05, 4.69) is 33.9 Å². The molecule has 0 bridgehead atoms. The van der Waals surface area contributed by atoms with E-state index in [1.165, 1.54) is 19.3 Å². The van der Waals surface area contributed by atoms with Gasteiger partial charge in [0.1, 0.15) is 0 Å². The van der Waals surface area contributed by atoms with Gasteiger partial charge >= 0.3 is 0 Å². The number of carbonyl (C=O) groups is 1. The fourth-order valence-corrected chi connectivity index (χ4v) is 3.02. The van der Waals surface area contributed by atoms with E-state index in [4.69, 9.17) is 0 Å². The Balaban J connectivity index is 1.87. The number of anilines is 1. The summed E-state index contributed by atoms with van der Waals surface area (Å²) in [6.07, 6.45) is 6.71. The van der Waals surface area contributed by atoms with Crippen LogP contribution in [-0.2, 0) is 11.3 Å². The molecule has 0 spiro atoms. The quantitative estimate of drug-likeness (QED) is 0.554. The van der Waals surface area contributed by atoms with E-state index in [0.717, 1.165) is 43.0 Å². The molecule has 3 N–H and O–H groups in total. The molecule has 0 unspecified atom stereocenters. The van der Waals surface area contributed by atoms with Crippen LogP contribution in [0.25, 0.3) is 0 Å². The summed E-state index contributed by atoms with van der Waals surface area (Å²) in [5, 5.41) is 9.61. The maximum atomic E-state index is 12.4. The number of nitrogens with zero attached hydrogens (tertiary/aromatic N) is 1. The molecule has 0 saturated heterocycles. The highest BCUT2D eigenvalue weighted by Crippen LogP contribution is 2.25. The summed E-state index contributed by atoms with van der Waals surface area (Å²) in [6, 6.07) is 8.02. The highest BCUT2D eigenvalue weighted by atomic mass is 16.1. The summed E-state index contributed by atoms with van der Waals surface area (Å²) < 4.78 is 0. The Bertz CT molecular complexity index is 550. The van der Waals surface area contributed by atoms with Crippen molar-refractivity contribution in [2.75, 3.05) is 18.9 Å². The van der Waals surface area contributed by atoms with Crippen molar-refractivity contribution >= 4 is 17.6 Å². The van der Waals surface area contributed by atoms with Crippen molar-refractivity contribution in [1.82, 2.24) is 10.6 Å². The SMILES string of the molecule is CCCNC(=NC)NCc1cccc(NC(=O)C2CCCCC2)c1. The zero-order chi connectivity index (χ0) is 17.2. The van der Waals surface area contributed by atoms with Crippen LogP contribution in [0, 0.1) is 5.92 Å². The van der Waals surface area contributed by atoms with Crippen LogP contribution in [0.15, 0.2) is 29.3 Å². The molecule has 1 aromatic carbocycles. The first kappa shape index (κ1) is 18.3. The van der Waals surface area contributed by atoms with E-state index in [1.807, 2.05) is 18.2 Å². The molecule has 1 amide bonds. The van der Waals surface area contributed by atoms with Crippen molar-refractivity contribution in [1.29, 1.82) is 0 Å². The first-order chi connectivity index (χ1) is 11.7. The van der Waals surface area contributed by atoms with Crippen molar-refractivity contribution in [3.63, 3.8) is 0 Å². The molecule has 0 heterocycles. The molecule has 0 aromatic heterocycles. The summed E-state index contributed by atoms with van der Waals surface area (Å²) in [6.45, 7) is 3.70. The van der Waals surface area contributed by atoms with Crippen LogP contribution in [0.5, 0.6) is 0 Å². The summed E-state index contributed by atoms with van der Waals surface area (Å²) in [5.74, 6) is 1.14. The molecule has 0 radical (unpaired) electrons. The summed E-state index contributed by atoms with van der Waals surface area (Å²) >= 11 is 0. The first-order valence-electron chi connectivity index (χ1n) is 9.07. The molecule has 1 aliphatic rings. The number of amides is 1. The second-order valence-corrected chi connectivity index (χ2v) is 6.38. The van der Waals surface area contributed by atoms with Gasteiger partial charge in [0, 0.05) is 31.7 Å². The van der Waals surface area contributed by atoms with E-state index < -0.39 is 0 Å². The van der Waals surface area contributed by atoms with Crippen molar-refractivity contribution in [2.45, 2.75) is 52.0 Å². The second kappa shape index (κ2) is 9.96. The molecule has 5 nitrogen and oxygen atoms in total. The number of carbonyl (C=O) groups excluding carboxylic acids is 1. The van der Waals surface area contributed by atoms with Crippen molar-refractivity contribution in [3.8, 4) is 0 Å². The Kier molecular flexibility index (Phi) is 7.59. The zero-order valence-electron chi connectivity index (χ0n) is 14.9. The van der Waals surface area contributed by atoms with E-state index in [1.54, 1.807) is 7.05 Å². The van der Waals surface area contributed by atoms with Gasteiger partial charge in [-0.15, -0.1) is 0 Å². The van der Waals surface area contributed by atoms with E-state index >= 15 is 0 Å². The predicted octanol–water partition coefficient (Wildman–Crippen LogP) is 3.28. The van der Waals surface area contributed by atoms with Gasteiger partial charge in [0.2, 0.25) is 5.91 Å². The van der Waals surface area contributed by atoms with Gasteiger partial charge in [-0.05, 0) is 37.0 Å². The van der Waals surface area contributed by atoms with Gasteiger partial charge in [0.25, 0.3) is 0 Å². The molecule has 1 aromatic rings. The summed E-state index contributed by atoms with van der Waals surface area (Å²) in [5.41, 5.74) is 2.00. The van der Waals surface area contributed by atoms with Gasteiger partial charge in [-0.25, -0.2) is 0 Å². The normalized spacial score (nSPS) is 15.8. The molecule has 2 rings (SSSR count). The topological polar surface area (TPSA) is 65.5 Å². The van der Waals surface area contributed by atoms with Crippen LogP contribution in [0.3, 0.4) is 0 Å². The minimum absolute atomic E-state index is 0.167. The average molecular weight is 330 g/mol. The third-order valence-electron chi connectivity index (χ3n) is 4.40. The Hall–Kier alpha value is -2.04. The van der Waals surface area contributed by atoms with Crippen LogP contribution in [0.2, 0.25) is 0 Å². The molecular weight excluding hydrogens is 300 g/mol. The number of hydrogen-bond acceptors (Lipinski definition) is 2. The molecule has 132 valence electrons. The van der Waals surface area contributed by atoms with Gasteiger partial charge in [-0.2, -0.15) is 0 Å². The molecule has 1 saturated carbocycles. The van der Waals surface area contributed by atoms with Crippen LogP contribution in [0.4, 0.5) is 5.69 Å². The average Bonchev–Trinajstić information content (AvgIpc) is 2.63. The molecular formula is C19H30N4O. The standard InChI is InChI=1S/C19H30N4O/c1-3-12-21-19(20-2)22-14-15-8-7-11-17(13-15)23-18(24)16-9-5-4-6-10-16/h7-8,11,13,16H,3-6,9-10,12,14H2,1-2H3,(H,23,24)(H2,20,21,22). The fraction of sp³-hybridized carbons (Fsp3) is 0.579. The number of aliphatic imine (C=N–C) groups is 1. The number of rotatable bonds is 6. The Morgan fingerprint density at radius 3 is 2.71 bits per heavy atom. The first-order valence-corrected chi connectivity index (χ1v) is 9.07. The third-order valence-corrected chi connectivity index (χ3v) is 4.40. The summed E-state index contributed by atoms with van der Waals surface area (Å²) in [4.78, 5) is 16.6. The van der Waals surface area contributed by atoms with Gasteiger partial charge in [-0.3, -0.25) is 9.79 Å². The predicted molar refractivity (Wildman–Crippen MR) is 100 cm³/mol. The molecule has 0 atom stereocenters. The molecule has 24 heavy (non-hydrogen) atoms. The molecule has 0 aliphatic heterocycles. The second-order valence-electron chi connectivity index (χ2n) is 6.38. The van der Waals surface area contributed by atoms with E-state index in [0.29, 0.717) is 6.54 Å². The van der Waals surface area contributed by atoms with Crippen LogP contribution < -0.4 is 16.0 Å². The molecule has 1 fully saturated rings. The Morgan fingerprint density at radius 1 is 1.21 bits per heavy atom. The van der Waals surface area contributed by atoms with Crippen molar-refractivity contribution < 1.29 is 4.79 Å². The lowest BCUT2D eigenvalue weighted by Crippen LogP contribution is -2.37. The van der Waals surface area contributed by atoms with Crippen LogP contribution in [0.1, 0.15) is 51.0 Å². The maximum absolute atomic E-state index is 12.4. The monoisotopic (exact) mass is 330 g/mol. The van der Waals surface area contributed by atoms with Crippen LogP contribution >= 0.6 is 0 Å². The molecule has 1 aliphatic carbocycles. The Labute approximate surface area is 145 Å². The fourth-order valence-electron chi connectivity index (χ4n) is 3.02. The molecule has 5 heteroatoms. The minimum Gasteiger partial charge on any atom is -0.356 e. The van der Waals surface area contributed by atoms with Gasteiger partial charge in [-0.1, -0.05) is 38.3 Å². The third kappa shape index (κ3) is 5.87. The van der Waals surface area contributed by atoms with Gasteiger partial charge < -0.3 is 16.0 Å². The lowest BCUT2D eigenvalue weighted by atomic mass is 9.88. The highest BCUT2D eigenvalue weighted by molar-refractivity contribution is 5.92. The highest BCUT2D eigenvalue weighted by Gasteiger charge is 2.20. The van der Waals surface area contributed by atoms with Crippen molar-refractivity contribution in [3.05, 3.63) is 29.8 Å². The number of guanidine groups is 1. The number of nitrogens with one attached hydrogen (secondary N) is 3. The Morgan fingerprint density at radius 2 is 2.00 bits per heavy atom. The lowest BCUT2D eigenvalue weighted by molar-refractivity contribution is -0.120. The number of hydrogen-bond donors (Lipinski definition) is 3. The zero-order valence-corrected chi connectivity index (χ0v) is 14.9.